The first-order chi connectivity index (χ1) is 10.1. The van der Waals surface area contributed by atoms with Gasteiger partial charge in [0, 0.05) is 0 Å². The van der Waals surface area contributed by atoms with Gasteiger partial charge in [-0.2, -0.15) is 5.26 Å². The fourth-order valence-electron chi connectivity index (χ4n) is 2.95. The zero-order valence-corrected chi connectivity index (χ0v) is 12.2. The second kappa shape index (κ2) is 6.68. The minimum Gasteiger partial charge on any atom is -0.324 e. The number of benzene rings is 1. The van der Waals surface area contributed by atoms with Gasteiger partial charge in [-0.25, -0.2) is 4.39 Å². The van der Waals surface area contributed by atoms with Gasteiger partial charge in [0.05, 0.1) is 16.7 Å². The summed E-state index contributed by atoms with van der Waals surface area (Å²) in [6, 6.07) is 5.77. The standard InChI is InChI=1S/C16H20FN3O/c1-2-5-16(6-8-19-9-7-16)15(21)20-14-4-3-13(17)10-12(14)11-18/h3-4,10,19H,2,5-9H2,1H3,(H,20,21). The minimum atomic E-state index is -0.477. The number of nitrogens with one attached hydrogen (secondary N) is 2. The highest BCUT2D eigenvalue weighted by Crippen LogP contribution is 2.35. The number of halogens is 1. The van der Waals surface area contributed by atoms with Gasteiger partial charge in [-0.1, -0.05) is 13.3 Å². The summed E-state index contributed by atoms with van der Waals surface area (Å²) >= 11 is 0. The first-order valence-corrected chi connectivity index (χ1v) is 7.33. The van der Waals surface area contributed by atoms with Crippen LogP contribution in [0.1, 0.15) is 38.2 Å². The zero-order valence-electron chi connectivity index (χ0n) is 12.2. The number of hydrogen-bond donors (Lipinski definition) is 2. The molecule has 5 heteroatoms. The van der Waals surface area contributed by atoms with Crippen LogP contribution in [-0.2, 0) is 4.79 Å². The first kappa shape index (κ1) is 15.5. The lowest BCUT2D eigenvalue weighted by molar-refractivity contribution is -0.127. The van der Waals surface area contributed by atoms with Crippen LogP contribution in [0.25, 0.3) is 0 Å². The minimum absolute atomic E-state index is 0.0611. The molecule has 0 atom stereocenters. The molecule has 2 N–H and O–H groups in total. The molecule has 1 heterocycles. The Labute approximate surface area is 124 Å². The van der Waals surface area contributed by atoms with E-state index >= 15 is 0 Å². The number of amides is 1. The van der Waals surface area contributed by atoms with E-state index in [2.05, 4.69) is 17.6 Å². The van der Waals surface area contributed by atoms with Crippen molar-refractivity contribution in [2.45, 2.75) is 32.6 Å². The predicted octanol–water partition coefficient (Wildman–Crippen LogP) is 2.81. The molecule has 0 radical (unpaired) electrons. The molecular weight excluding hydrogens is 269 g/mol. The number of piperidine rings is 1. The molecule has 1 aromatic carbocycles. The van der Waals surface area contributed by atoms with Gasteiger partial charge in [-0.15, -0.1) is 0 Å². The largest absolute Gasteiger partial charge is 0.324 e. The topological polar surface area (TPSA) is 64.9 Å². The van der Waals surface area contributed by atoms with Crippen molar-refractivity contribution in [3.8, 4) is 6.07 Å². The fourth-order valence-corrected chi connectivity index (χ4v) is 2.95. The Bertz CT molecular complexity index is 554. The van der Waals surface area contributed by atoms with E-state index in [1.54, 1.807) is 0 Å². The quantitative estimate of drug-likeness (QED) is 0.895. The van der Waals surface area contributed by atoms with E-state index in [0.717, 1.165) is 44.8 Å². The smallest absolute Gasteiger partial charge is 0.230 e. The molecule has 1 aromatic rings. The SMILES string of the molecule is CCCC1(C(=O)Nc2ccc(F)cc2C#N)CCNCC1. The van der Waals surface area contributed by atoms with Crippen molar-refractivity contribution in [3.63, 3.8) is 0 Å². The summed E-state index contributed by atoms with van der Waals surface area (Å²) in [7, 11) is 0. The molecule has 0 unspecified atom stereocenters. The van der Waals surface area contributed by atoms with Crippen molar-refractivity contribution in [1.29, 1.82) is 5.26 Å². The number of carbonyl (C=O) groups excluding carboxylic acids is 1. The lowest BCUT2D eigenvalue weighted by Gasteiger charge is -2.36. The highest BCUT2D eigenvalue weighted by atomic mass is 19.1. The molecule has 1 saturated heterocycles. The lowest BCUT2D eigenvalue weighted by Crippen LogP contribution is -2.45. The monoisotopic (exact) mass is 289 g/mol. The van der Waals surface area contributed by atoms with Crippen LogP contribution in [0.5, 0.6) is 0 Å². The van der Waals surface area contributed by atoms with Gasteiger partial charge in [-0.05, 0) is 50.6 Å². The Balaban J connectivity index is 2.21. The Kier molecular flexibility index (Phi) is 4.92. The maximum atomic E-state index is 13.2. The summed E-state index contributed by atoms with van der Waals surface area (Å²) < 4.78 is 13.2. The molecule has 0 aliphatic carbocycles. The summed E-state index contributed by atoms with van der Waals surface area (Å²) in [4.78, 5) is 12.7. The Morgan fingerprint density at radius 2 is 2.19 bits per heavy atom. The van der Waals surface area contributed by atoms with Crippen molar-refractivity contribution in [3.05, 3.63) is 29.6 Å². The second-order valence-corrected chi connectivity index (χ2v) is 5.54. The Morgan fingerprint density at radius 1 is 1.48 bits per heavy atom. The van der Waals surface area contributed by atoms with Crippen molar-refractivity contribution in [2.24, 2.45) is 5.41 Å². The molecule has 0 bridgehead atoms. The zero-order chi connectivity index (χ0) is 15.3. The van der Waals surface area contributed by atoms with Crippen LogP contribution in [0.15, 0.2) is 18.2 Å². The predicted molar refractivity (Wildman–Crippen MR) is 79.2 cm³/mol. The summed E-state index contributed by atoms with van der Waals surface area (Å²) in [5, 5.41) is 15.1. The number of rotatable bonds is 4. The van der Waals surface area contributed by atoms with Gasteiger partial charge in [0.15, 0.2) is 0 Å². The molecule has 0 spiro atoms. The maximum absolute atomic E-state index is 13.2. The summed E-state index contributed by atoms with van der Waals surface area (Å²) in [6.07, 6.45) is 3.33. The van der Waals surface area contributed by atoms with Crippen LogP contribution in [0.2, 0.25) is 0 Å². The molecule has 1 fully saturated rings. The normalized spacial score (nSPS) is 17.0. The van der Waals surface area contributed by atoms with Crippen molar-refractivity contribution < 1.29 is 9.18 Å². The summed E-state index contributed by atoms with van der Waals surface area (Å²) in [6.45, 7) is 3.71. The van der Waals surface area contributed by atoms with Gasteiger partial charge >= 0.3 is 0 Å². The molecule has 21 heavy (non-hydrogen) atoms. The van der Waals surface area contributed by atoms with E-state index in [0.29, 0.717) is 5.69 Å². The average molecular weight is 289 g/mol. The second-order valence-electron chi connectivity index (χ2n) is 5.54. The first-order valence-electron chi connectivity index (χ1n) is 7.33. The van der Waals surface area contributed by atoms with Gasteiger partial charge in [0.1, 0.15) is 11.9 Å². The lowest BCUT2D eigenvalue weighted by atomic mass is 9.74. The highest BCUT2D eigenvalue weighted by Gasteiger charge is 2.38. The molecule has 1 amide bonds. The van der Waals surface area contributed by atoms with Crippen LogP contribution in [0.4, 0.5) is 10.1 Å². The van der Waals surface area contributed by atoms with Crippen LogP contribution < -0.4 is 10.6 Å². The number of carbonyl (C=O) groups is 1. The van der Waals surface area contributed by atoms with Crippen molar-refractivity contribution in [2.75, 3.05) is 18.4 Å². The molecule has 4 nitrogen and oxygen atoms in total. The van der Waals surface area contributed by atoms with Crippen molar-refractivity contribution in [1.82, 2.24) is 5.32 Å². The van der Waals surface area contributed by atoms with Gasteiger partial charge in [0.25, 0.3) is 0 Å². The number of hydrogen-bond acceptors (Lipinski definition) is 3. The van der Waals surface area contributed by atoms with E-state index in [1.807, 2.05) is 6.07 Å². The third kappa shape index (κ3) is 3.40. The third-order valence-electron chi connectivity index (χ3n) is 4.12. The van der Waals surface area contributed by atoms with E-state index < -0.39 is 5.82 Å². The molecular formula is C16H20FN3O. The van der Waals surface area contributed by atoms with Crippen LogP contribution in [0, 0.1) is 22.6 Å². The van der Waals surface area contributed by atoms with E-state index in [9.17, 15) is 9.18 Å². The van der Waals surface area contributed by atoms with E-state index in [1.165, 1.54) is 12.1 Å². The molecule has 1 aliphatic rings. The van der Waals surface area contributed by atoms with Crippen molar-refractivity contribution >= 4 is 11.6 Å². The Hall–Kier alpha value is -1.93. The molecule has 0 saturated carbocycles. The summed E-state index contributed by atoms with van der Waals surface area (Å²) in [5.74, 6) is -0.538. The number of nitrogens with zero attached hydrogens (tertiary/aromatic N) is 1. The van der Waals surface area contributed by atoms with Crippen LogP contribution in [-0.4, -0.2) is 19.0 Å². The Morgan fingerprint density at radius 3 is 2.81 bits per heavy atom. The van der Waals surface area contributed by atoms with Gasteiger partial charge in [0.2, 0.25) is 5.91 Å². The van der Waals surface area contributed by atoms with Crippen LogP contribution >= 0.6 is 0 Å². The summed E-state index contributed by atoms with van der Waals surface area (Å²) in [5.41, 5.74) is 0.156. The van der Waals surface area contributed by atoms with Crippen LogP contribution in [0.3, 0.4) is 0 Å². The fraction of sp³-hybridized carbons (Fsp3) is 0.500. The number of anilines is 1. The average Bonchev–Trinajstić information content (AvgIpc) is 2.50. The molecule has 0 aromatic heterocycles. The molecule has 112 valence electrons. The highest BCUT2D eigenvalue weighted by molar-refractivity contribution is 5.96. The van der Waals surface area contributed by atoms with E-state index in [-0.39, 0.29) is 16.9 Å². The van der Waals surface area contributed by atoms with Gasteiger partial charge in [-0.3, -0.25) is 4.79 Å². The van der Waals surface area contributed by atoms with E-state index in [4.69, 9.17) is 5.26 Å². The third-order valence-corrected chi connectivity index (χ3v) is 4.12. The molecule has 2 rings (SSSR count). The maximum Gasteiger partial charge on any atom is 0.230 e. The van der Waals surface area contributed by atoms with Gasteiger partial charge < -0.3 is 10.6 Å². The number of nitriles is 1. The molecule has 1 aliphatic heterocycles.